The Hall–Kier alpha value is -1.75. The van der Waals surface area contributed by atoms with Crippen LogP contribution in [0, 0.1) is 11.7 Å². The van der Waals surface area contributed by atoms with Gasteiger partial charge in [0, 0.05) is 23.8 Å². The van der Waals surface area contributed by atoms with Crippen LogP contribution in [-0.2, 0) is 4.74 Å². The number of hydrogen-bond donors (Lipinski definition) is 0. The van der Waals surface area contributed by atoms with Gasteiger partial charge in [-0.25, -0.2) is 4.39 Å². The van der Waals surface area contributed by atoms with Crippen molar-refractivity contribution >= 4 is 22.7 Å². The Balaban J connectivity index is 1.38. The van der Waals surface area contributed by atoms with Gasteiger partial charge < -0.3 is 9.64 Å². The molecule has 0 saturated heterocycles. The molecule has 1 aliphatic heterocycles. The van der Waals surface area contributed by atoms with Crippen LogP contribution in [0.5, 0.6) is 0 Å². The fourth-order valence-corrected chi connectivity index (χ4v) is 5.47. The van der Waals surface area contributed by atoms with E-state index in [4.69, 9.17) is 4.74 Å². The molecular formula is C22H27FN2OS. The molecule has 1 atom stereocenters. The van der Waals surface area contributed by atoms with Gasteiger partial charge in [-0.15, -0.1) is 0 Å². The lowest BCUT2D eigenvalue weighted by Gasteiger charge is -2.33. The Bertz CT molecular complexity index is 832. The summed E-state index contributed by atoms with van der Waals surface area (Å²) in [5.41, 5.74) is 2.17. The molecule has 1 fully saturated rings. The molecule has 1 aliphatic carbocycles. The molecule has 2 heterocycles. The molecule has 1 aromatic carbocycles. The van der Waals surface area contributed by atoms with Crippen molar-refractivity contribution < 1.29 is 9.13 Å². The fourth-order valence-electron chi connectivity index (χ4n) is 4.54. The zero-order chi connectivity index (χ0) is 18.8. The Labute approximate surface area is 165 Å². The van der Waals surface area contributed by atoms with Crippen molar-refractivity contribution in [3.8, 4) is 0 Å². The Morgan fingerprint density at radius 1 is 1.26 bits per heavy atom. The summed E-state index contributed by atoms with van der Waals surface area (Å²) in [6.45, 7) is 2.32. The van der Waals surface area contributed by atoms with Crippen LogP contribution in [0.3, 0.4) is 0 Å². The molecule has 0 N–H and O–H groups in total. The summed E-state index contributed by atoms with van der Waals surface area (Å²) >= 11 is 1.77. The van der Waals surface area contributed by atoms with Crippen LogP contribution < -0.4 is 0 Å². The van der Waals surface area contributed by atoms with Gasteiger partial charge in [0.05, 0.1) is 18.5 Å². The van der Waals surface area contributed by atoms with Gasteiger partial charge in [0.1, 0.15) is 5.82 Å². The number of thioether (sulfide) groups is 1. The number of fused-ring (bicyclic) bond motifs is 1. The molecule has 144 valence electrons. The van der Waals surface area contributed by atoms with Crippen LogP contribution >= 0.6 is 11.8 Å². The normalized spacial score (nSPS) is 24.1. The predicted molar refractivity (Wildman–Crippen MR) is 110 cm³/mol. The van der Waals surface area contributed by atoms with Crippen molar-refractivity contribution in [2.75, 3.05) is 13.0 Å². The summed E-state index contributed by atoms with van der Waals surface area (Å²) < 4.78 is 19.1. The molecular weight excluding hydrogens is 359 g/mol. The Kier molecular flexibility index (Phi) is 5.58. The van der Waals surface area contributed by atoms with Gasteiger partial charge in [0.2, 0.25) is 0 Å². The number of rotatable bonds is 5. The molecule has 0 unspecified atom stereocenters. The van der Waals surface area contributed by atoms with E-state index < -0.39 is 0 Å². The van der Waals surface area contributed by atoms with E-state index in [0.29, 0.717) is 12.0 Å². The van der Waals surface area contributed by atoms with Crippen LogP contribution in [0.15, 0.2) is 41.8 Å². The number of halogens is 1. The van der Waals surface area contributed by atoms with E-state index in [1.54, 1.807) is 31.0 Å². The Morgan fingerprint density at radius 3 is 2.81 bits per heavy atom. The molecule has 0 radical (unpaired) electrons. The van der Waals surface area contributed by atoms with Crippen LogP contribution in [0.1, 0.15) is 50.5 Å². The SMILES string of the molecule is COC1=CN([C@H](C)C[C@H]2CC[C@@H](c3ccnc4ccc(F)cc43)CC2)CS1. The highest BCUT2D eigenvalue weighted by molar-refractivity contribution is 8.03. The minimum absolute atomic E-state index is 0.175. The molecule has 0 amide bonds. The third-order valence-corrected chi connectivity index (χ3v) is 7.08. The van der Waals surface area contributed by atoms with Crippen molar-refractivity contribution in [2.45, 2.75) is 51.0 Å². The maximum atomic E-state index is 13.7. The molecule has 2 aliphatic rings. The summed E-state index contributed by atoms with van der Waals surface area (Å²) in [6, 6.07) is 7.57. The maximum absolute atomic E-state index is 13.7. The van der Waals surface area contributed by atoms with Gasteiger partial charge in [0.15, 0.2) is 5.09 Å². The molecule has 0 spiro atoms. The van der Waals surface area contributed by atoms with Crippen LogP contribution in [0.4, 0.5) is 4.39 Å². The van der Waals surface area contributed by atoms with E-state index in [1.807, 2.05) is 6.20 Å². The van der Waals surface area contributed by atoms with Gasteiger partial charge in [-0.3, -0.25) is 4.98 Å². The van der Waals surface area contributed by atoms with Gasteiger partial charge >= 0.3 is 0 Å². The Morgan fingerprint density at radius 2 is 2.07 bits per heavy atom. The zero-order valence-corrected chi connectivity index (χ0v) is 16.8. The average molecular weight is 387 g/mol. The lowest BCUT2D eigenvalue weighted by atomic mass is 9.76. The van der Waals surface area contributed by atoms with E-state index in [0.717, 1.165) is 27.8 Å². The summed E-state index contributed by atoms with van der Waals surface area (Å²) in [6.07, 6.45) is 10.1. The second-order valence-electron chi connectivity index (χ2n) is 7.80. The van der Waals surface area contributed by atoms with Crippen LogP contribution in [-0.4, -0.2) is 28.9 Å². The smallest absolute Gasteiger partial charge is 0.170 e. The number of nitrogens with zero attached hydrogens (tertiary/aromatic N) is 2. The third kappa shape index (κ3) is 4.08. The van der Waals surface area contributed by atoms with Crippen molar-refractivity contribution in [2.24, 2.45) is 5.92 Å². The van der Waals surface area contributed by atoms with Gasteiger partial charge in [-0.2, -0.15) is 0 Å². The molecule has 2 aromatic rings. The molecule has 3 nitrogen and oxygen atoms in total. The summed E-state index contributed by atoms with van der Waals surface area (Å²) in [5.74, 6) is 2.11. The van der Waals surface area contributed by atoms with Gasteiger partial charge in [-0.1, -0.05) is 11.8 Å². The second kappa shape index (κ2) is 8.09. The molecule has 27 heavy (non-hydrogen) atoms. The quantitative estimate of drug-likeness (QED) is 0.641. The van der Waals surface area contributed by atoms with Crippen molar-refractivity contribution in [3.05, 3.63) is 53.1 Å². The highest BCUT2D eigenvalue weighted by Gasteiger charge is 2.27. The zero-order valence-electron chi connectivity index (χ0n) is 16.0. The molecule has 4 rings (SSSR count). The number of pyridine rings is 1. The van der Waals surface area contributed by atoms with Crippen molar-refractivity contribution in [3.63, 3.8) is 0 Å². The van der Waals surface area contributed by atoms with Crippen LogP contribution in [0.25, 0.3) is 10.9 Å². The highest BCUT2D eigenvalue weighted by Crippen LogP contribution is 2.40. The predicted octanol–water partition coefficient (Wildman–Crippen LogP) is 5.88. The first-order chi connectivity index (χ1) is 13.1. The van der Waals surface area contributed by atoms with Gasteiger partial charge in [0.25, 0.3) is 0 Å². The number of hydrogen-bond acceptors (Lipinski definition) is 4. The summed E-state index contributed by atoms with van der Waals surface area (Å²) in [7, 11) is 1.74. The van der Waals surface area contributed by atoms with E-state index >= 15 is 0 Å². The molecule has 1 saturated carbocycles. The number of aromatic nitrogens is 1. The largest absolute Gasteiger partial charge is 0.489 e. The first kappa shape index (κ1) is 18.6. The van der Waals surface area contributed by atoms with Gasteiger partial charge in [-0.05, 0) is 80.7 Å². The average Bonchev–Trinajstić information content (AvgIpc) is 3.18. The van der Waals surface area contributed by atoms with Crippen molar-refractivity contribution in [1.82, 2.24) is 9.88 Å². The minimum atomic E-state index is -0.175. The number of benzene rings is 1. The molecule has 5 heteroatoms. The maximum Gasteiger partial charge on any atom is 0.170 e. The minimum Gasteiger partial charge on any atom is -0.489 e. The first-order valence-electron chi connectivity index (χ1n) is 9.82. The van der Waals surface area contributed by atoms with E-state index in [-0.39, 0.29) is 5.82 Å². The lowest BCUT2D eigenvalue weighted by Crippen LogP contribution is -2.29. The highest BCUT2D eigenvalue weighted by atomic mass is 32.2. The standard InChI is InChI=1S/C22H27FN2OS/c1-15(25-13-22(26-2)27-14-25)11-16-3-5-17(6-4-16)19-9-10-24-21-8-7-18(23)12-20(19)21/h7-10,12-13,15-17H,3-6,11,14H2,1-2H3/t15-,16-,17+/m1/s1. The van der Waals surface area contributed by atoms with Crippen LogP contribution in [0.2, 0.25) is 0 Å². The van der Waals surface area contributed by atoms with E-state index in [9.17, 15) is 4.39 Å². The van der Waals surface area contributed by atoms with Crippen molar-refractivity contribution in [1.29, 1.82) is 0 Å². The number of methoxy groups -OCH3 is 1. The number of ether oxygens (including phenoxy) is 1. The fraction of sp³-hybridized carbons (Fsp3) is 0.500. The van der Waals surface area contributed by atoms with E-state index in [2.05, 4.69) is 29.1 Å². The first-order valence-corrected chi connectivity index (χ1v) is 10.8. The van der Waals surface area contributed by atoms with E-state index in [1.165, 1.54) is 43.7 Å². The topological polar surface area (TPSA) is 25.4 Å². The summed E-state index contributed by atoms with van der Waals surface area (Å²) in [4.78, 5) is 6.80. The molecule has 0 bridgehead atoms. The lowest BCUT2D eigenvalue weighted by molar-refractivity contribution is 0.230. The third-order valence-electron chi connectivity index (χ3n) is 6.09. The molecule has 1 aromatic heterocycles. The second-order valence-corrected chi connectivity index (χ2v) is 8.75. The summed E-state index contributed by atoms with van der Waals surface area (Å²) in [5, 5.41) is 2.00. The monoisotopic (exact) mass is 386 g/mol.